The predicted octanol–water partition coefficient (Wildman–Crippen LogP) is 4.23. The monoisotopic (exact) mass is 367 g/mol. The van der Waals surface area contributed by atoms with Crippen molar-refractivity contribution in [2.24, 2.45) is 0 Å². The summed E-state index contributed by atoms with van der Waals surface area (Å²) in [6.07, 6.45) is 0. The van der Waals surface area contributed by atoms with Gasteiger partial charge in [0.05, 0.1) is 6.54 Å². The summed E-state index contributed by atoms with van der Waals surface area (Å²) in [5, 5.41) is 6.14. The third-order valence-corrected chi connectivity index (χ3v) is 4.44. The lowest BCUT2D eigenvalue weighted by molar-refractivity contribution is -0.129. The Bertz CT molecular complexity index is 787. The summed E-state index contributed by atoms with van der Waals surface area (Å²) in [6, 6.07) is 15.7. The van der Waals surface area contributed by atoms with Crippen molar-refractivity contribution in [3.63, 3.8) is 0 Å². The molecular weight excluding hydrogens is 338 g/mol. The van der Waals surface area contributed by atoms with Gasteiger partial charge in [0.2, 0.25) is 11.8 Å². The summed E-state index contributed by atoms with van der Waals surface area (Å²) in [4.78, 5) is 25.7. The minimum atomic E-state index is -0.0903. The number of hydrogen-bond donors (Lipinski definition) is 2. The Morgan fingerprint density at radius 1 is 1.07 bits per heavy atom. The Balaban J connectivity index is 1.96. The van der Waals surface area contributed by atoms with Crippen LogP contribution in [0.15, 0.2) is 48.5 Å². The fraction of sp³-hybridized carbons (Fsp3) is 0.364. The highest BCUT2D eigenvalue weighted by atomic mass is 16.2. The molecule has 2 rings (SSSR count). The number of carbonyl (C=O) groups excluding carboxylic acids is 2. The Morgan fingerprint density at radius 2 is 1.81 bits per heavy atom. The highest BCUT2D eigenvalue weighted by Gasteiger charge is 2.10. The van der Waals surface area contributed by atoms with Crippen molar-refractivity contribution < 1.29 is 9.59 Å². The van der Waals surface area contributed by atoms with E-state index in [0.717, 1.165) is 22.5 Å². The molecule has 2 aromatic rings. The van der Waals surface area contributed by atoms with E-state index < -0.39 is 0 Å². The molecule has 144 valence electrons. The number of nitrogens with one attached hydrogen (secondary N) is 2. The van der Waals surface area contributed by atoms with Crippen LogP contribution in [0.5, 0.6) is 0 Å². The van der Waals surface area contributed by atoms with E-state index in [1.165, 1.54) is 0 Å². The Morgan fingerprint density at radius 3 is 2.48 bits per heavy atom. The van der Waals surface area contributed by atoms with Crippen molar-refractivity contribution in [2.45, 2.75) is 40.2 Å². The van der Waals surface area contributed by atoms with Gasteiger partial charge in [-0.2, -0.15) is 0 Å². The summed E-state index contributed by atoms with van der Waals surface area (Å²) in [6.45, 7) is 9.17. The quantitative estimate of drug-likeness (QED) is 0.734. The maximum atomic E-state index is 12.3. The molecule has 0 aliphatic carbocycles. The molecule has 5 heteroatoms. The van der Waals surface area contributed by atoms with Gasteiger partial charge in [-0.1, -0.05) is 44.2 Å². The minimum absolute atomic E-state index is 0.0547. The maximum Gasteiger partial charge on any atom is 0.243 e. The standard InChI is InChI=1S/C22H29N3O2/c1-5-25(17(4)26)15-18-9-8-10-19(13-18)23-14-22(27)24-21-12-7-6-11-20(21)16(2)3/h6-13,16,23H,5,14-15H2,1-4H3,(H,24,27). The molecule has 2 aromatic carbocycles. The van der Waals surface area contributed by atoms with Gasteiger partial charge in [-0.25, -0.2) is 0 Å². The molecule has 5 nitrogen and oxygen atoms in total. The van der Waals surface area contributed by atoms with Crippen LogP contribution >= 0.6 is 0 Å². The number of carbonyl (C=O) groups is 2. The molecular formula is C22H29N3O2. The first-order chi connectivity index (χ1) is 12.9. The normalized spacial score (nSPS) is 10.6. The Kier molecular flexibility index (Phi) is 7.41. The molecule has 0 atom stereocenters. The summed E-state index contributed by atoms with van der Waals surface area (Å²) in [5.41, 5.74) is 3.87. The molecule has 0 aromatic heterocycles. The van der Waals surface area contributed by atoms with E-state index in [1.54, 1.807) is 11.8 Å². The summed E-state index contributed by atoms with van der Waals surface area (Å²) in [7, 11) is 0. The first-order valence-corrected chi connectivity index (χ1v) is 9.37. The fourth-order valence-electron chi connectivity index (χ4n) is 2.94. The molecule has 0 heterocycles. The maximum absolute atomic E-state index is 12.3. The summed E-state index contributed by atoms with van der Waals surface area (Å²) >= 11 is 0. The molecule has 0 aliphatic heterocycles. The Labute approximate surface area is 161 Å². The lowest BCUT2D eigenvalue weighted by atomic mass is 10.0. The van der Waals surface area contributed by atoms with Crippen molar-refractivity contribution in [1.82, 2.24) is 4.90 Å². The fourth-order valence-corrected chi connectivity index (χ4v) is 2.94. The second kappa shape index (κ2) is 9.76. The van der Waals surface area contributed by atoms with Gasteiger partial charge in [0.1, 0.15) is 0 Å². The molecule has 0 unspecified atom stereocenters. The zero-order valence-electron chi connectivity index (χ0n) is 16.6. The SMILES string of the molecule is CCN(Cc1cccc(NCC(=O)Nc2ccccc2C(C)C)c1)C(C)=O. The second-order valence-electron chi connectivity index (χ2n) is 6.88. The smallest absolute Gasteiger partial charge is 0.243 e. The van der Waals surface area contributed by atoms with Crippen LogP contribution in [-0.4, -0.2) is 29.8 Å². The van der Waals surface area contributed by atoms with Crippen LogP contribution in [0.2, 0.25) is 0 Å². The van der Waals surface area contributed by atoms with E-state index in [4.69, 9.17) is 0 Å². The van der Waals surface area contributed by atoms with Gasteiger partial charge in [-0.15, -0.1) is 0 Å². The van der Waals surface area contributed by atoms with Gasteiger partial charge >= 0.3 is 0 Å². The molecule has 2 N–H and O–H groups in total. The highest BCUT2D eigenvalue weighted by Crippen LogP contribution is 2.23. The number of para-hydroxylation sites is 1. The Hall–Kier alpha value is -2.82. The third kappa shape index (κ3) is 6.13. The van der Waals surface area contributed by atoms with Crippen LogP contribution in [0.25, 0.3) is 0 Å². The van der Waals surface area contributed by atoms with Gasteiger partial charge in [-0.3, -0.25) is 9.59 Å². The molecule has 0 saturated carbocycles. The van der Waals surface area contributed by atoms with Gasteiger partial charge in [-0.05, 0) is 42.2 Å². The number of anilines is 2. The third-order valence-electron chi connectivity index (χ3n) is 4.44. The van der Waals surface area contributed by atoms with Gasteiger partial charge < -0.3 is 15.5 Å². The van der Waals surface area contributed by atoms with E-state index in [-0.39, 0.29) is 18.4 Å². The van der Waals surface area contributed by atoms with Crippen molar-refractivity contribution >= 4 is 23.2 Å². The van der Waals surface area contributed by atoms with Crippen molar-refractivity contribution in [3.05, 3.63) is 59.7 Å². The van der Waals surface area contributed by atoms with Crippen LogP contribution in [0.4, 0.5) is 11.4 Å². The van der Waals surface area contributed by atoms with E-state index >= 15 is 0 Å². The topological polar surface area (TPSA) is 61.4 Å². The number of nitrogens with zero attached hydrogens (tertiary/aromatic N) is 1. The number of hydrogen-bond acceptors (Lipinski definition) is 3. The molecule has 0 saturated heterocycles. The minimum Gasteiger partial charge on any atom is -0.376 e. The summed E-state index contributed by atoms with van der Waals surface area (Å²) in [5.74, 6) is 0.306. The predicted molar refractivity (Wildman–Crippen MR) is 111 cm³/mol. The lowest BCUT2D eigenvalue weighted by Crippen LogP contribution is -2.27. The molecule has 27 heavy (non-hydrogen) atoms. The van der Waals surface area contributed by atoms with Gasteiger partial charge in [0.15, 0.2) is 0 Å². The van der Waals surface area contributed by atoms with Crippen LogP contribution in [-0.2, 0) is 16.1 Å². The van der Waals surface area contributed by atoms with Crippen molar-refractivity contribution in [3.8, 4) is 0 Å². The van der Waals surface area contributed by atoms with E-state index in [2.05, 4.69) is 24.5 Å². The number of benzene rings is 2. The number of rotatable bonds is 8. The van der Waals surface area contributed by atoms with E-state index in [9.17, 15) is 9.59 Å². The molecule has 0 bridgehead atoms. The largest absolute Gasteiger partial charge is 0.376 e. The number of amides is 2. The van der Waals surface area contributed by atoms with Gasteiger partial charge in [0, 0.05) is 31.4 Å². The molecule has 0 fully saturated rings. The van der Waals surface area contributed by atoms with Gasteiger partial charge in [0.25, 0.3) is 0 Å². The zero-order valence-corrected chi connectivity index (χ0v) is 16.6. The molecule has 0 radical (unpaired) electrons. The van der Waals surface area contributed by atoms with Crippen LogP contribution in [0.3, 0.4) is 0 Å². The lowest BCUT2D eigenvalue weighted by Gasteiger charge is -2.19. The molecule has 0 spiro atoms. The average Bonchev–Trinajstić information content (AvgIpc) is 2.65. The summed E-state index contributed by atoms with van der Waals surface area (Å²) < 4.78 is 0. The average molecular weight is 367 g/mol. The van der Waals surface area contributed by atoms with Crippen LogP contribution in [0, 0.1) is 0 Å². The first-order valence-electron chi connectivity index (χ1n) is 9.37. The van der Waals surface area contributed by atoms with Crippen LogP contribution < -0.4 is 10.6 Å². The molecule has 2 amide bonds. The van der Waals surface area contributed by atoms with Crippen LogP contribution in [0.1, 0.15) is 44.7 Å². The van der Waals surface area contributed by atoms with E-state index in [0.29, 0.717) is 19.0 Å². The van der Waals surface area contributed by atoms with Crippen molar-refractivity contribution in [1.29, 1.82) is 0 Å². The van der Waals surface area contributed by atoms with E-state index in [1.807, 2.05) is 55.5 Å². The highest BCUT2D eigenvalue weighted by molar-refractivity contribution is 5.94. The second-order valence-corrected chi connectivity index (χ2v) is 6.88. The molecule has 0 aliphatic rings. The first kappa shape index (κ1) is 20.5. The zero-order chi connectivity index (χ0) is 19.8. The van der Waals surface area contributed by atoms with Crippen molar-refractivity contribution in [2.75, 3.05) is 23.7 Å².